The van der Waals surface area contributed by atoms with Crippen molar-refractivity contribution < 1.29 is 17.6 Å². The van der Waals surface area contributed by atoms with E-state index in [2.05, 4.69) is 5.32 Å². The van der Waals surface area contributed by atoms with Crippen molar-refractivity contribution in [3.63, 3.8) is 0 Å². The van der Waals surface area contributed by atoms with Gasteiger partial charge in [0.25, 0.3) is 0 Å². The minimum absolute atomic E-state index is 0.0456. The molecule has 0 fully saturated rings. The first-order chi connectivity index (χ1) is 8.31. The molecule has 0 bridgehead atoms. The molecule has 1 aromatic carbocycles. The second-order valence-corrected chi connectivity index (χ2v) is 4.42. The zero-order chi connectivity index (χ0) is 13.8. The number of rotatable bonds is 5. The Kier molecular flexibility index (Phi) is 5.41. The van der Waals surface area contributed by atoms with Crippen LogP contribution in [0.25, 0.3) is 0 Å². The zero-order valence-corrected chi connectivity index (χ0v) is 10.6. The summed E-state index contributed by atoms with van der Waals surface area (Å²) >= 11 is 5.84. The highest BCUT2D eigenvalue weighted by atomic mass is 35.5. The minimum atomic E-state index is -4.26. The smallest absolute Gasteiger partial charge is 0.314 e. The Morgan fingerprint density at radius 1 is 1.33 bits per heavy atom. The van der Waals surface area contributed by atoms with Gasteiger partial charge in [-0.05, 0) is 36.7 Å². The van der Waals surface area contributed by atoms with Crippen molar-refractivity contribution in [2.75, 3.05) is 6.54 Å². The van der Waals surface area contributed by atoms with Crippen molar-refractivity contribution in [1.82, 2.24) is 5.32 Å². The first-order valence-electron chi connectivity index (χ1n) is 5.56. The number of nitrogens with one attached hydrogen (secondary N) is 1. The monoisotopic (exact) mass is 283 g/mol. The lowest BCUT2D eigenvalue weighted by Crippen LogP contribution is -2.35. The SMILES string of the molecule is CCNC(Cc1cc(F)ccc1Cl)CC(F)(F)F. The van der Waals surface area contributed by atoms with Gasteiger partial charge in [-0.1, -0.05) is 18.5 Å². The molecule has 0 spiro atoms. The Balaban J connectivity index is 2.79. The summed E-state index contributed by atoms with van der Waals surface area (Å²) in [5.41, 5.74) is 0.381. The summed E-state index contributed by atoms with van der Waals surface area (Å²) in [6.45, 7) is 2.13. The molecule has 1 nitrogen and oxygen atoms in total. The van der Waals surface area contributed by atoms with Crippen LogP contribution in [0.5, 0.6) is 0 Å². The second kappa shape index (κ2) is 6.38. The van der Waals surface area contributed by atoms with Crippen LogP contribution >= 0.6 is 11.6 Å². The Hall–Kier alpha value is -0.810. The summed E-state index contributed by atoms with van der Waals surface area (Å²) in [6, 6.07) is 2.90. The summed E-state index contributed by atoms with van der Waals surface area (Å²) in [6.07, 6.45) is -5.18. The molecule has 0 aliphatic rings. The summed E-state index contributed by atoms with van der Waals surface area (Å²) < 4.78 is 50.1. The van der Waals surface area contributed by atoms with Gasteiger partial charge in [0.15, 0.2) is 0 Å². The van der Waals surface area contributed by atoms with Gasteiger partial charge in [-0.25, -0.2) is 4.39 Å². The average Bonchev–Trinajstić information content (AvgIpc) is 2.21. The molecule has 0 radical (unpaired) electrons. The van der Waals surface area contributed by atoms with Gasteiger partial charge in [0.05, 0.1) is 6.42 Å². The fourth-order valence-corrected chi connectivity index (χ4v) is 1.94. The van der Waals surface area contributed by atoms with E-state index in [1.807, 2.05) is 0 Å². The topological polar surface area (TPSA) is 12.0 Å². The third-order valence-electron chi connectivity index (χ3n) is 2.44. The van der Waals surface area contributed by atoms with E-state index < -0.39 is 24.5 Å². The van der Waals surface area contributed by atoms with Gasteiger partial charge < -0.3 is 5.32 Å². The number of alkyl halides is 3. The first-order valence-corrected chi connectivity index (χ1v) is 5.93. The van der Waals surface area contributed by atoms with Crippen LogP contribution in [0.15, 0.2) is 18.2 Å². The van der Waals surface area contributed by atoms with Crippen molar-refractivity contribution in [3.05, 3.63) is 34.6 Å². The molecule has 1 atom stereocenters. The van der Waals surface area contributed by atoms with E-state index in [4.69, 9.17) is 11.6 Å². The van der Waals surface area contributed by atoms with E-state index >= 15 is 0 Å². The summed E-state index contributed by atoms with van der Waals surface area (Å²) in [4.78, 5) is 0. The lowest BCUT2D eigenvalue weighted by atomic mass is 10.0. The fraction of sp³-hybridized carbons (Fsp3) is 0.500. The molecule has 0 aliphatic heterocycles. The van der Waals surface area contributed by atoms with Crippen molar-refractivity contribution >= 4 is 11.6 Å². The zero-order valence-electron chi connectivity index (χ0n) is 9.82. The predicted molar refractivity (Wildman–Crippen MR) is 63.3 cm³/mol. The van der Waals surface area contributed by atoms with E-state index in [-0.39, 0.29) is 11.4 Å². The lowest BCUT2D eigenvalue weighted by Gasteiger charge is -2.20. The third kappa shape index (κ3) is 5.23. The normalized spacial score (nSPS) is 13.7. The van der Waals surface area contributed by atoms with Gasteiger partial charge in [-0.15, -0.1) is 0 Å². The molecule has 102 valence electrons. The molecule has 1 unspecified atom stereocenters. The lowest BCUT2D eigenvalue weighted by molar-refractivity contribution is -0.139. The van der Waals surface area contributed by atoms with Crippen LogP contribution in [-0.2, 0) is 6.42 Å². The standard InChI is InChI=1S/C12H14ClF4N/c1-2-18-10(7-12(15,16)17)6-8-5-9(14)3-4-11(8)13/h3-5,10,18H,2,6-7H2,1H3. The van der Waals surface area contributed by atoms with E-state index in [0.717, 1.165) is 0 Å². The van der Waals surface area contributed by atoms with Crippen molar-refractivity contribution in [2.24, 2.45) is 0 Å². The van der Waals surface area contributed by atoms with Crippen LogP contribution < -0.4 is 5.32 Å². The van der Waals surface area contributed by atoms with E-state index in [9.17, 15) is 17.6 Å². The Labute approximate surface area is 108 Å². The highest BCUT2D eigenvalue weighted by Crippen LogP contribution is 2.25. The Morgan fingerprint density at radius 2 is 2.00 bits per heavy atom. The molecule has 0 saturated heterocycles. The molecular weight excluding hydrogens is 270 g/mol. The summed E-state index contributed by atoms with van der Waals surface area (Å²) in [5, 5.41) is 3.01. The highest BCUT2D eigenvalue weighted by molar-refractivity contribution is 6.31. The average molecular weight is 284 g/mol. The molecule has 0 aliphatic carbocycles. The molecule has 1 N–H and O–H groups in total. The van der Waals surface area contributed by atoms with Gasteiger partial charge in [0.1, 0.15) is 5.82 Å². The molecule has 0 heterocycles. The summed E-state index contributed by atoms with van der Waals surface area (Å²) in [5.74, 6) is -0.503. The van der Waals surface area contributed by atoms with Crippen molar-refractivity contribution in [1.29, 1.82) is 0 Å². The van der Waals surface area contributed by atoms with E-state index in [1.165, 1.54) is 18.2 Å². The van der Waals surface area contributed by atoms with E-state index in [1.54, 1.807) is 6.92 Å². The van der Waals surface area contributed by atoms with Crippen LogP contribution in [0.2, 0.25) is 5.02 Å². The van der Waals surface area contributed by atoms with Gasteiger partial charge in [-0.2, -0.15) is 13.2 Å². The van der Waals surface area contributed by atoms with Crippen LogP contribution in [-0.4, -0.2) is 18.8 Å². The number of hydrogen-bond donors (Lipinski definition) is 1. The second-order valence-electron chi connectivity index (χ2n) is 4.01. The molecule has 0 aromatic heterocycles. The minimum Gasteiger partial charge on any atom is -0.314 e. The number of hydrogen-bond acceptors (Lipinski definition) is 1. The number of benzene rings is 1. The van der Waals surface area contributed by atoms with Crippen LogP contribution in [0.1, 0.15) is 18.9 Å². The van der Waals surface area contributed by atoms with Crippen LogP contribution in [0.4, 0.5) is 17.6 Å². The van der Waals surface area contributed by atoms with Crippen LogP contribution in [0.3, 0.4) is 0 Å². The molecule has 0 saturated carbocycles. The molecule has 1 aromatic rings. The number of halogens is 5. The highest BCUT2D eigenvalue weighted by Gasteiger charge is 2.31. The van der Waals surface area contributed by atoms with E-state index in [0.29, 0.717) is 12.1 Å². The van der Waals surface area contributed by atoms with Crippen LogP contribution in [0, 0.1) is 5.82 Å². The first kappa shape index (κ1) is 15.2. The Morgan fingerprint density at radius 3 is 2.56 bits per heavy atom. The maximum absolute atomic E-state index is 13.0. The van der Waals surface area contributed by atoms with Gasteiger partial charge in [0, 0.05) is 11.1 Å². The molecule has 18 heavy (non-hydrogen) atoms. The quantitative estimate of drug-likeness (QED) is 0.807. The third-order valence-corrected chi connectivity index (χ3v) is 2.81. The molecule has 0 amide bonds. The fourth-order valence-electron chi connectivity index (χ4n) is 1.75. The summed E-state index contributed by atoms with van der Waals surface area (Å²) in [7, 11) is 0. The molecule has 1 rings (SSSR count). The van der Waals surface area contributed by atoms with Crippen molar-refractivity contribution in [3.8, 4) is 0 Å². The Bertz CT molecular complexity index is 392. The maximum atomic E-state index is 13.0. The predicted octanol–water partition coefficient (Wildman–Crippen LogP) is 3.95. The molecular formula is C12H14ClF4N. The van der Waals surface area contributed by atoms with Gasteiger partial charge in [-0.3, -0.25) is 0 Å². The van der Waals surface area contributed by atoms with Gasteiger partial charge in [0.2, 0.25) is 0 Å². The maximum Gasteiger partial charge on any atom is 0.390 e. The molecule has 6 heteroatoms. The van der Waals surface area contributed by atoms with Gasteiger partial charge >= 0.3 is 6.18 Å². The largest absolute Gasteiger partial charge is 0.390 e. The number of likely N-dealkylation sites (N-methyl/N-ethyl adjacent to an activating group) is 1. The van der Waals surface area contributed by atoms with Crippen molar-refractivity contribution in [2.45, 2.75) is 32.0 Å².